The molecule has 0 amide bonds. The van der Waals surface area contributed by atoms with Gasteiger partial charge in [-0.15, -0.1) is 0 Å². The molecule has 18 heavy (non-hydrogen) atoms. The maximum atomic E-state index is 9.70. The number of phenols is 3. The Bertz CT molecular complexity index is 569. The molecule has 0 heterocycles. The van der Waals surface area contributed by atoms with Crippen molar-refractivity contribution < 1.29 is 20.1 Å². The maximum absolute atomic E-state index is 9.70. The largest absolute Gasteiger partial charge is 0.508 e. The van der Waals surface area contributed by atoms with Gasteiger partial charge in [-0.2, -0.15) is 0 Å². The molecular formula is C13H12O4S. The molecular weight excluding hydrogens is 252 g/mol. The second kappa shape index (κ2) is 5.10. The van der Waals surface area contributed by atoms with Crippen molar-refractivity contribution in [2.45, 2.75) is 9.79 Å². The molecule has 0 spiro atoms. The van der Waals surface area contributed by atoms with Gasteiger partial charge in [-0.05, 0) is 24.3 Å². The van der Waals surface area contributed by atoms with Gasteiger partial charge < -0.3 is 20.1 Å². The lowest BCUT2D eigenvalue weighted by Gasteiger charge is -2.09. The molecule has 94 valence electrons. The van der Waals surface area contributed by atoms with Crippen LogP contribution in [-0.4, -0.2) is 22.4 Å². The Morgan fingerprint density at radius 2 is 1.50 bits per heavy atom. The number of benzene rings is 2. The highest BCUT2D eigenvalue weighted by Crippen LogP contribution is 2.41. The third-order valence-electron chi connectivity index (χ3n) is 2.31. The number of aromatic hydroxyl groups is 3. The smallest absolute Gasteiger partial charge is 0.136 e. The van der Waals surface area contributed by atoms with E-state index in [-0.39, 0.29) is 17.2 Å². The highest BCUT2D eigenvalue weighted by atomic mass is 32.2. The number of hydrogen-bond donors (Lipinski definition) is 3. The summed E-state index contributed by atoms with van der Waals surface area (Å²) in [5.41, 5.74) is 0. The maximum Gasteiger partial charge on any atom is 0.136 e. The molecule has 0 aliphatic carbocycles. The van der Waals surface area contributed by atoms with E-state index in [0.29, 0.717) is 10.6 Å². The summed E-state index contributed by atoms with van der Waals surface area (Å²) in [6.45, 7) is 0. The fourth-order valence-corrected chi connectivity index (χ4v) is 2.37. The molecule has 2 aromatic carbocycles. The Hall–Kier alpha value is -2.01. The molecule has 0 aliphatic rings. The van der Waals surface area contributed by atoms with Gasteiger partial charge in [0.25, 0.3) is 0 Å². The zero-order valence-electron chi connectivity index (χ0n) is 9.62. The second-order valence-corrected chi connectivity index (χ2v) is 4.67. The standard InChI is InChI=1S/C13H12O4S/c1-17-11-7-9(15)3-5-13(11)18-12-4-2-8(14)6-10(12)16/h2-7,14-16H,1H3. The molecule has 0 atom stereocenters. The van der Waals surface area contributed by atoms with Crippen molar-refractivity contribution in [3.05, 3.63) is 36.4 Å². The molecule has 0 unspecified atom stereocenters. The molecule has 0 aliphatic heterocycles. The average molecular weight is 264 g/mol. The van der Waals surface area contributed by atoms with Gasteiger partial charge in [0, 0.05) is 12.1 Å². The average Bonchev–Trinajstić information content (AvgIpc) is 2.34. The Labute approximate surface area is 108 Å². The first-order chi connectivity index (χ1) is 8.60. The summed E-state index contributed by atoms with van der Waals surface area (Å²) in [5, 5.41) is 28.3. The normalized spacial score (nSPS) is 10.3. The van der Waals surface area contributed by atoms with Crippen LogP contribution >= 0.6 is 11.8 Å². The number of ether oxygens (including phenoxy) is 1. The summed E-state index contributed by atoms with van der Waals surface area (Å²) in [6, 6.07) is 9.12. The van der Waals surface area contributed by atoms with E-state index in [4.69, 9.17) is 4.74 Å². The molecule has 5 heteroatoms. The van der Waals surface area contributed by atoms with Crippen molar-refractivity contribution in [1.29, 1.82) is 0 Å². The Balaban J connectivity index is 2.33. The Kier molecular flexibility index (Phi) is 3.53. The van der Waals surface area contributed by atoms with Crippen LogP contribution in [0.2, 0.25) is 0 Å². The highest BCUT2D eigenvalue weighted by Gasteiger charge is 2.09. The molecule has 4 nitrogen and oxygen atoms in total. The topological polar surface area (TPSA) is 69.9 Å². The van der Waals surface area contributed by atoms with E-state index in [9.17, 15) is 15.3 Å². The van der Waals surface area contributed by atoms with Gasteiger partial charge in [-0.25, -0.2) is 0 Å². The molecule has 2 rings (SSSR count). The predicted octanol–water partition coefficient (Wildman–Crippen LogP) is 2.96. The van der Waals surface area contributed by atoms with Crippen LogP contribution in [0.25, 0.3) is 0 Å². The predicted molar refractivity (Wildman–Crippen MR) is 68.6 cm³/mol. The minimum absolute atomic E-state index is 0.00451. The van der Waals surface area contributed by atoms with E-state index < -0.39 is 0 Å². The van der Waals surface area contributed by atoms with Gasteiger partial charge >= 0.3 is 0 Å². The summed E-state index contributed by atoms with van der Waals surface area (Å²) >= 11 is 1.29. The summed E-state index contributed by atoms with van der Waals surface area (Å²) in [6.07, 6.45) is 0. The lowest BCUT2D eigenvalue weighted by molar-refractivity contribution is 0.398. The molecule has 2 aromatic rings. The number of hydrogen-bond acceptors (Lipinski definition) is 5. The first-order valence-corrected chi connectivity index (χ1v) is 5.98. The second-order valence-electron chi connectivity index (χ2n) is 3.59. The van der Waals surface area contributed by atoms with Gasteiger partial charge in [0.15, 0.2) is 0 Å². The first kappa shape index (κ1) is 12.4. The van der Waals surface area contributed by atoms with E-state index in [1.54, 1.807) is 18.2 Å². The van der Waals surface area contributed by atoms with Crippen LogP contribution in [-0.2, 0) is 0 Å². The van der Waals surface area contributed by atoms with E-state index in [2.05, 4.69) is 0 Å². The van der Waals surface area contributed by atoms with Crippen molar-refractivity contribution in [3.8, 4) is 23.0 Å². The fraction of sp³-hybridized carbons (Fsp3) is 0.0769. The van der Waals surface area contributed by atoms with Gasteiger partial charge in [-0.3, -0.25) is 0 Å². The summed E-state index contributed by atoms with van der Waals surface area (Å²) in [4.78, 5) is 1.35. The van der Waals surface area contributed by atoms with E-state index in [1.807, 2.05) is 0 Å². The minimum atomic E-state index is -0.00451. The zero-order chi connectivity index (χ0) is 13.1. The quantitative estimate of drug-likeness (QED) is 0.795. The molecule has 3 N–H and O–H groups in total. The third-order valence-corrected chi connectivity index (χ3v) is 3.43. The zero-order valence-corrected chi connectivity index (χ0v) is 10.4. The SMILES string of the molecule is COc1cc(O)ccc1Sc1ccc(O)cc1O. The van der Waals surface area contributed by atoms with Gasteiger partial charge in [0.1, 0.15) is 23.0 Å². The molecule has 0 fully saturated rings. The van der Waals surface area contributed by atoms with Crippen molar-refractivity contribution >= 4 is 11.8 Å². The molecule has 0 aromatic heterocycles. The van der Waals surface area contributed by atoms with E-state index >= 15 is 0 Å². The summed E-state index contributed by atoms with van der Waals surface area (Å²) in [7, 11) is 1.51. The van der Waals surface area contributed by atoms with Gasteiger partial charge in [0.2, 0.25) is 0 Å². The first-order valence-electron chi connectivity index (χ1n) is 5.17. The summed E-state index contributed by atoms with van der Waals surface area (Å²) in [5.74, 6) is 0.642. The lowest BCUT2D eigenvalue weighted by atomic mass is 10.3. The highest BCUT2D eigenvalue weighted by molar-refractivity contribution is 7.99. The van der Waals surface area contributed by atoms with Crippen LogP contribution in [0.15, 0.2) is 46.2 Å². The van der Waals surface area contributed by atoms with Gasteiger partial charge in [-0.1, -0.05) is 11.8 Å². The number of rotatable bonds is 3. The molecule has 0 bridgehead atoms. The Morgan fingerprint density at radius 1 is 0.889 bits per heavy atom. The van der Waals surface area contributed by atoms with Crippen LogP contribution in [0.5, 0.6) is 23.0 Å². The third kappa shape index (κ3) is 2.62. The monoisotopic (exact) mass is 264 g/mol. The minimum Gasteiger partial charge on any atom is -0.508 e. The number of phenolic OH excluding ortho intramolecular Hbond substituents is 3. The fourth-order valence-electron chi connectivity index (χ4n) is 1.45. The van der Waals surface area contributed by atoms with Crippen molar-refractivity contribution in [3.63, 3.8) is 0 Å². The van der Waals surface area contributed by atoms with Crippen LogP contribution < -0.4 is 4.74 Å². The van der Waals surface area contributed by atoms with E-state index in [1.165, 1.54) is 37.1 Å². The van der Waals surface area contributed by atoms with Crippen LogP contribution in [0.1, 0.15) is 0 Å². The number of methoxy groups -OCH3 is 1. The Morgan fingerprint density at radius 3 is 2.11 bits per heavy atom. The van der Waals surface area contributed by atoms with Crippen LogP contribution in [0.3, 0.4) is 0 Å². The van der Waals surface area contributed by atoms with Crippen LogP contribution in [0.4, 0.5) is 0 Å². The van der Waals surface area contributed by atoms with Crippen molar-refractivity contribution in [1.82, 2.24) is 0 Å². The lowest BCUT2D eigenvalue weighted by Crippen LogP contribution is -1.86. The summed E-state index contributed by atoms with van der Waals surface area (Å²) < 4.78 is 5.15. The molecule has 0 saturated carbocycles. The van der Waals surface area contributed by atoms with Crippen molar-refractivity contribution in [2.75, 3.05) is 7.11 Å². The van der Waals surface area contributed by atoms with Crippen molar-refractivity contribution in [2.24, 2.45) is 0 Å². The van der Waals surface area contributed by atoms with Crippen LogP contribution in [0, 0.1) is 0 Å². The molecule has 0 saturated heterocycles. The van der Waals surface area contributed by atoms with Gasteiger partial charge in [0.05, 0.1) is 16.9 Å². The molecule has 0 radical (unpaired) electrons. The van der Waals surface area contributed by atoms with E-state index in [0.717, 1.165) is 4.90 Å².